The van der Waals surface area contributed by atoms with Crippen LogP contribution in [0.5, 0.6) is 0 Å². The van der Waals surface area contributed by atoms with Crippen LogP contribution in [0.3, 0.4) is 0 Å². The van der Waals surface area contributed by atoms with Gasteiger partial charge < -0.3 is 24.8 Å². The fraction of sp³-hybridized carbons (Fsp3) is 0.667. The van der Waals surface area contributed by atoms with E-state index in [4.69, 9.17) is 24.8 Å². The van der Waals surface area contributed by atoms with Crippen LogP contribution in [0.15, 0.2) is 0 Å². The Morgan fingerprint density at radius 2 is 1.75 bits per heavy atom. The van der Waals surface area contributed by atoms with Gasteiger partial charge in [0.15, 0.2) is 0 Å². The second-order valence-corrected chi connectivity index (χ2v) is 5.78. The van der Waals surface area contributed by atoms with Crippen LogP contribution in [0.1, 0.15) is 57.0 Å². The number of hydrogen-bond acceptors (Lipinski definition) is 2. The molecule has 2 nitrogen and oxygen atoms in total. The van der Waals surface area contributed by atoms with E-state index < -0.39 is 0 Å². The van der Waals surface area contributed by atoms with Crippen LogP contribution in [-0.4, -0.2) is 8.76 Å². The van der Waals surface area contributed by atoms with Crippen molar-refractivity contribution in [3.05, 3.63) is 17.2 Å². The van der Waals surface area contributed by atoms with Gasteiger partial charge in [-0.1, -0.05) is 0 Å². The van der Waals surface area contributed by atoms with Crippen LogP contribution < -0.4 is 4.57 Å². The summed E-state index contributed by atoms with van der Waals surface area (Å²) in [6.45, 7) is 12.9. The van der Waals surface area contributed by atoms with Gasteiger partial charge in [0.1, 0.15) is 11.4 Å². The van der Waals surface area contributed by atoms with E-state index in [9.17, 15) is 0 Å². The van der Waals surface area contributed by atoms with Crippen molar-refractivity contribution in [2.24, 2.45) is 0 Å². The molecule has 0 aliphatic carbocycles. The van der Waals surface area contributed by atoms with Crippen molar-refractivity contribution in [1.29, 1.82) is 0 Å². The lowest BCUT2D eigenvalue weighted by Crippen LogP contribution is -2.43. The molecule has 0 saturated carbocycles. The summed E-state index contributed by atoms with van der Waals surface area (Å²) in [6.07, 6.45) is 0. The van der Waals surface area contributed by atoms with Crippen LogP contribution in [0.25, 0.3) is 0 Å². The molecule has 0 aromatic carbocycles. The number of imidazole rings is 1. The second-order valence-electron chi connectivity index (χ2n) is 4.71. The maximum atomic E-state index is 5.22. The first-order valence-corrected chi connectivity index (χ1v) is 6.44. The fourth-order valence-corrected chi connectivity index (χ4v) is 2.64. The fourth-order valence-electron chi connectivity index (χ4n) is 2.24. The minimum Gasteiger partial charge on any atom is -0.421 e. The van der Waals surface area contributed by atoms with Gasteiger partial charge in [-0.05, 0) is 31.9 Å². The molecule has 0 saturated heterocycles. The zero-order valence-electron chi connectivity index (χ0n) is 10.9. The Morgan fingerprint density at radius 1 is 1.25 bits per heavy atom. The number of hydrogen-bond donors (Lipinski definition) is 0. The molecule has 1 rings (SSSR count). The number of rotatable bonds is 3. The Labute approximate surface area is 109 Å². The molecule has 0 amide bonds. The molecule has 4 heteroatoms. The zero-order valence-corrected chi connectivity index (χ0v) is 12.5. The molecular formula is C12H20N2S2. The highest BCUT2D eigenvalue weighted by atomic mass is 32.1. The van der Waals surface area contributed by atoms with Gasteiger partial charge in [0.25, 0.3) is 5.82 Å². The van der Waals surface area contributed by atoms with Gasteiger partial charge >= 0.3 is 0 Å². The molecule has 16 heavy (non-hydrogen) atoms. The molecule has 0 aliphatic rings. The van der Waals surface area contributed by atoms with E-state index >= 15 is 0 Å². The van der Waals surface area contributed by atoms with Crippen molar-refractivity contribution >= 4 is 29.0 Å². The first-order chi connectivity index (χ1) is 7.29. The van der Waals surface area contributed by atoms with E-state index in [1.807, 2.05) is 0 Å². The van der Waals surface area contributed by atoms with E-state index in [2.05, 4.69) is 50.7 Å². The van der Waals surface area contributed by atoms with Crippen LogP contribution in [-0.2, 0) is 12.6 Å². The molecule has 0 atom stereocenters. The zero-order chi connectivity index (χ0) is 12.6. The minimum absolute atomic E-state index is 0.384. The minimum atomic E-state index is 0.384. The molecular weight excluding hydrogens is 236 g/mol. The first-order valence-electron chi connectivity index (χ1n) is 5.63. The Kier molecular flexibility index (Phi) is 4.07. The predicted octanol–water partition coefficient (Wildman–Crippen LogP) is 2.78. The van der Waals surface area contributed by atoms with Gasteiger partial charge in [-0.25, -0.2) is 9.13 Å². The summed E-state index contributed by atoms with van der Waals surface area (Å²) >= 11 is 10.4. The average molecular weight is 256 g/mol. The molecule has 1 heterocycles. The molecule has 0 radical (unpaired) electrons. The van der Waals surface area contributed by atoms with Crippen molar-refractivity contribution in [2.45, 2.75) is 53.6 Å². The first kappa shape index (κ1) is 13.6. The standard InChI is InChI=1S/C12H20N2S2/c1-7(2)13-9(5)10(6)14(8(3)4)11(13)12(15)16/h7-8H,1-6H3. The lowest BCUT2D eigenvalue weighted by molar-refractivity contribution is -0.722. The second kappa shape index (κ2) is 4.80. The van der Waals surface area contributed by atoms with Crippen molar-refractivity contribution in [2.75, 3.05) is 0 Å². The smallest absolute Gasteiger partial charge is 0.269 e. The molecule has 90 valence electrons. The molecule has 0 N–H and O–H groups in total. The Balaban J connectivity index is 3.62. The van der Waals surface area contributed by atoms with E-state index in [1.165, 1.54) is 11.4 Å². The topological polar surface area (TPSA) is 8.81 Å². The largest absolute Gasteiger partial charge is 0.421 e. The highest BCUT2D eigenvalue weighted by Gasteiger charge is 2.27. The van der Waals surface area contributed by atoms with Crippen molar-refractivity contribution in [1.82, 2.24) is 4.57 Å². The monoisotopic (exact) mass is 256 g/mol. The van der Waals surface area contributed by atoms with E-state index in [-0.39, 0.29) is 0 Å². The Hall–Kier alpha value is -0.480. The third-order valence-electron chi connectivity index (χ3n) is 2.92. The molecule has 0 aliphatic heterocycles. The van der Waals surface area contributed by atoms with Crippen LogP contribution in [0, 0.1) is 13.8 Å². The molecule has 1 aromatic rings. The third-order valence-corrected chi connectivity index (χ3v) is 3.28. The number of nitrogens with zero attached hydrogens (tertiary/aromatic N) is 2. The molecule has 0 fully saturated rings. The summed E-state index contributed by atoms with van der Waals surface area (Å²) in [7, 11) is 0. The molecule has 1 aromatic heterocycles. The average Bonchev–Trinajstić information content (AvgIpc) is 2.39. The Morgan fingerprint density at radius 3 is 2.06 bits per heavy atom. The SMILES string of the molecule is Cc1c(C)[n+](C(C)C)c(C(=S)[S-])n1C(C)C. The lowest BCUT2D eigenvalue weighted by atomic mass is 10.3. The normalized spacial score (nSPS) is 11.5. The van der Waals surface area contributed by atoms with Crippen LogP contribution in [0.2, 0.25) is 0 Å². The summed E-state index contributed by atoms with van der Waals surface area (Å²) in [5, 5.41) is 0. The third kappa shape index (κ3) is 2.13. The summed E-state index contributed by atoms with van der Waals surface area (Å²) in [6, 6.07) is 0.768. The van der Waals surface area contributed by atoms with E-state index in [0.717, 1.165) is 5.82 Å². The summed E-state index contributed by atoms with van der Waals surface area (Å²) in [4.78, 5) is 0. The predicted molar refractivity (Wildman–Crippen MR) is 73.9 cm³/mol. The van der Waals surface area contributed by atoms with Gasteiger partial charge in [-0.3, -0.25) is 0 Å². The van der Waals surface area contributed by atoms with Crippen molar-refractivity contribution < 1.29 is 4.57 Å². The summed E-state index contributed by atoms with van der Waals surface area (Å²) in [5.41, 5.74) is 2.51. The maximum absolute atomic E-state index is 5.22. The van der Waals surface area contributed by atoms with E-state index in [0.29, 0.717) is 16.3 Å². The molecule has 0 bridgehead atoms. The van der Waals surface area contributed by atoms with Gasteiger partial charge in [0.2, 0.25) is 0 Å². The molecule has 0 unspecified atom stereocenters. The van der Waals surface area contributed by atoms with Gasteiger partial charge in [-0.2, -0.15) is 0 Å². The molecule has 0 spiro atoms. The lowest BCUT2D eigenvalue weighted by Gasteiger charge is -2.12. The number of aromatic nitrogens is 2. The van der Waals surface area contributed by atoms with E-state index in [1.54, 1.807) is 0 Å². The van der Waals surface area contributed by atoms with Crippen LogP contribution in [0.4, 0.5) is 0 Å². The van der Waals surface area contributed by atoms with Crippen molar-refractivity contribution in [3.63, 3.8) is 0 Å². The number of thiocarbonyl (C=S) groups is 1. The van der Waals surface area contributed by atoms with Gasteiger partial charge in [0.05, 0.1) is 12.1 Å². The van der Waals surface area contributed by atoms with Gasteiger partial charge in [-0.15, -0.1) is 0 Å². The Bertz CT molecular complexity index is 386. The highest BCUT2D eigenvalue weighted by Crippen LogP contribution is 2.18. The van der Waals surface area contributed by atoms with Crippen LogP contribution >= 0.6 is 12.2 Å². The maximum Gasteiger partial charge on any atom is 0.269 e. The quantitative estimate of drug-likeness (QED) is 0.467. The van der Waals surface area contributed by atoms with Gasteiger partial charge in [0, 0.05) is 13.8 Å². The van der Waals surface area contributed by atoms with Crippen molar-refractivity contribution in [3.8, 4) is 0 Å². The highest BCUT2D eigenvalue weighted by molar-refractivity contribution is 8.01. The summed E-state index contributed by atoms with van der Waals surface area (Å²) < 4.78 is 5.04. The summed E-state index contributed by atoms with van der Waals surface area (Å²) in [5.74, 6) is 1.00.